The minimum atomic E-state index is -4.86. The third kappa shape index (κ3) is 6.58. The molecule has 30 heavy (non-hydrogen) atoms. The highest BCUT2D eigenvalue weighted by atomic mass is 79.9. The van der Waals surface area contributed by atoms with E-state index in [1.807, 2.05) is 0 Å². The molecule has 2 unspecified atom stereocenters. The lowest BCUT2D eigenvalue weighted by molar-refractivity contribution is -0.253. The fourth-order valence-electron chi connectivity index (χ4n) is 2.59. The highest BCUT2D eigenvalue weighted by Crippen LogP contribution is 2.31. The first kappa shape index (κ1) is 24.4. The molecule has 0 radical (unpaired) electrons. The number of nitrogens with one attached hydrogen (secondary N) is 1. The standard InChI is InChI=1S/C19H17BrF7NO2/c20-9-11-3-1-4-12(7-11)16(28-10-15(29)18(23,24)25)13-5-2-6-14(8-13)30-19(26,27)17(21)22/h1-8,15-17,28-29H,9-10H2. The average molecular weight is 504 g/mol. The Labute approximate surface area is 176 Å². The molecule has 0 amide bonds. The molecule has 2 N–H and O–H groups in total. The largest absolute Gasteiger partial charge is 0.461 e. The van der Waals surface area contributed by atoms with Crippen LogP contribution in [-0.4, -0.2) is 36.5 Å². The molecule has 0 aliphatic carbocycles. The molecule has 2 atom stereocenters. The van der Waals surface area contributed by atoms with Crippen LogP contribution in [0.1, 0.15) is 22.7 Å². The number of alkyl halides is 8. The monoisotopic (exact) mass is 503 g/mol. The molecule has 2 aromatic rings. The van der Waals surface area contributed by atoms with Crippen LogP contribution in [-0.2, 0) is 5.33 Å². The molecule has 0 bridgehead atoms. The molecular weight excluding hydrogens is 487 g/mol. The predicted molar refractivity (Wildman–Crippen MR) is 99.0 cm³/mol. The summed E-state index contributed by atoms with van der Waals surface area (Å²) in [6.07, 6.45) is -16.3. The summed E-state index contributed by atoms with van der Waals surface area (Å²) in [7, 11) is 0. The molecule has 2 aromatic carbocycles. The van der Waals surface area contributed by atoms with Gasteiger partial charge in [0.2, 0.25) is 0 Å². The van der Waals surface area contributed by atoms with Crippen LogP contribution in [0, 0.1) is 0 Å². The number of benzene rings is 2. The second kappa shape index (κ2) is 9.97. The van der Waals surface area contributed by atoms with Gasteiger partial charge in [-0.2, -0.15) is 30.7 Å². The molecule has 2 rings (SSSR count). The fraction of sp³-hybridized carbons (Fsp3) is 0.368. The van der Waals surface area contributed by atoms with Crippen LogP contribution in [0.4, 0.5) is 30.7 Å². The maximum Gasteiger partial charge on any atom is 0.461 e. The summed E-state index contributed by atoms with van der Waals surface area (Å²) in [5.41, 5.74) is 1.44. The van der Waals surface area contributed by atoms with Crippen LogP contribution in [0.15, 0.2) is 48.5 Å². The first-order valence-electron chi connectivity index (χ1n) is 8.52. The van der Waals surface area contributed by atoms with Crippen LogP contribution >= 0.6 is 15.9 Å². The van der Waals surface area contributed by atoms with Crippen molar-refractivity contribution in [1.82, 2.24) is 5.32 Å². The number of hydrogen-bond donors (Lipinski definition) is 2. The van der Waals surface area contributed by atoms with E-state index in [1.54, 1.807) is 24.3 Å². The highest BCUT2D eigenvalue weighted by molar-refractivity contribution is 9.08. The van der Waals surface area contributed by atoms with Crippen molar-refractivity contribution in [2.45, 2.75) is 36.2 Å². The maximum absolute atomic E-state index is 13.2. The quantitative estimate of drug-likeness (QED) is 0.354. The van der Waals surface area contributed by atoms with Gasteiger partial charge in [-0.1, -0.05) is 52.3 Å². The van der Waals surface area contributed by atoms with Crippen LogP contribution in [0.5, 0.6) is 5.75 Å². The number of aliphatic hydroxyl groups is 1. The summed E-state index contributed by atoms with van der Waals surface area (Å²) < 4.78 is 93.3. The van der Waals surface area contributed by atoms with Gasteiger partial charge >= 0.3 is 18.7 Å². The zero-order valence-electron chi connectivity index (χ0n) is 15.1. The van der Waals surface area contributed by atoms with Gasteiger partial charge in [-0.05, 0) is 28.8 Å². The molecular formula is C19H17BrF7NO2. The van der Waals surface area contributed by atoms with Gasteiger partial charge in [0.25, 0.3) is 0 Å². The molecule has 0 heterocycles. The van der Waals surface area contributed by atoms with Gasteiger partial charge in [0.15, 0.2) is 6.10 Å². The van der Waals surface area contributed by atoms with Gasteiger partial charge in [0.1, 0.15) is 5.75 Å². The summed E-state index contributed by atoms with van der Waals surface area (Å²) in [5, 5.41) is 12.3. The topological polar surface area (TPSA) is 41.5 Å². The SMILES string of the molecule is OC(CNC(c1cccc(CBr)c1)c1cccc(OC(F)(F)C(F)F)c1)C(F)(F)F. The molecule has 166 valence electrons. The lowest BCUT2D eigenvalue weighted by Crippen LogP contribution is -2.40. The summed E-state index contributed by atoms with van der Waals surface area (Å²) in [5.74, 6) is -0.586. The van der Waals surface area contributed by atoms with Gasteiger partial charge in [-0.15, -0.1) is 0 Å². The Morgan fingerprint density at radius 2 is 1.57 bits per heavy atom. The molecule has 0 fully saturated rings. The number of rotatable bonds is 9. The zero-order chi connectivity index (χ0) is 22.5. The lowest BCUT2D eigenvalue weighted by Gasteiger charge is -2.24. The molecule has 0 saturated carbocycles. The van der Waals surface area contributed by atoms with Crippen LogP contribution in [0.2, 0.25) is 0 Å². The average Bonchev–Trinajstić information content (AvgIpc) is 2.67. The number of aliphatic hydroxyl groups excluding tert-OH is 1. The van der Waals surface area contributed by atoms with Crippen molar-refractivity contribution >= 4 is 15.9 Å². The van der Waals surface area contributed by atoms with Crippen LogP contribution in [0.25, 0.3) is 0 Å². The maximum atomic E-state index is 13.2. The van der Waals surface area contributed by atoms with Crippen molar-refractivity contribution in [2.24, 2.45) is 0 Å². The van der Waals surface area contributed by atoms with E-state index in [2.05, 4.69) is 26.0 Å². The van der Waals surface area contributed by atoms with Crippen LogP contribution < -0.4 is 10.1 Å². The minimum Gasteiger partial charge on any atom is -0.428 e. The molecule has 0 saturated heterocycles. The van der Waals surface area contributed by atoms with E-state index in [0.717, 1.165) is 17.7 Å². The van der Waals surface area contributed by atoms with E-state index in [-0.39, 0.29) is 5.56 Å². The second-order valence-electron chi connectivity index (χ2n) is 6.31. The Morgan fingerprint density at radius 3 is 2.13 bits per heavy atom. The molecule has 0 aliphatic heterocycles. The first-order chi connectivity index (χ1) is 13.9. The highest BCUT2D eigenvalue weighted by Gasteiger charge is 2.44. The summed E-state index contributed by atoms with van der Waals surface area (Å²) in [4.78, 5) is 0. The van der Waals surface area contributed by atoms with E-state index in [0.29, 0.717) is 10.9 Å². The number of halogens is 8. The summed E-state index contributed by atoms with van der Waals surface area (Å²) >= 11 is 3.26. The Balaban J connectivity index is 2.37. The molecule has 3 nitrogen and oxygen atoms in total. The predicted octanol–water partition coefficient (Wildman–Crippen LogP) is 5.42. The van der Waals surface area contributed by atoms with Crippen molar-refractivity contribution < 1.29 is 40.6 Å². The molecule has 0 spiro atoms. The lowest BCUT2D eigenvalue weighted by atomic mass is 9.97. The van der Waals surface area contributed by atoms with Crippen molar-refractivity contribution in [1.29, 1.82) is 0 Å². The van der Waals surface area contributed by atoms with Gasteiger partial charge in [0.05, 0.1) is 6.04 Å². The van der Waals surface area contributed by atoms with E-state index in [9.17, 15) is 35.8 Å². The minimum absolute atomic E-state index is 0.179. The smallest absolute Gasteiger partial charge is 0.428 e. The normalized spacial score (nSPS) is 14.6. The Kier molecular flexibility index (Phi) is 8.12. The third-order valence-corrected chi connectivity index (χ3v) is 4.68. The van der Waals surface area contributed by atoms with E-state index < -0.39 is 43.2 Å². The summed E-state index contributed by atoms with van der Waals surface area (Å²) in [6.45, 7) is -0.884. The first-order valence-corrected chi connectivity index (χ1v) is 9.64. The second-order valence-corrected chi connectivity index (χ2v) is 6.88. The van der Waals surface area contributed by atoms with Gasteiger partial charge in [0, 0.05) is 11.9 Å². The van der Waals surface area contributed by atoms with Crippen molar-refractivity contribution in [3.63, 3.8) is 0 Å². The Morgan fingerprint density at radius 1 is 0.967 bits per heavy atom. The Bertz CT molecular complexity index is 833. The van der Waals surface area contributed by atoms with E-state index in [4.69, 9.17) is 0 Å². The van der Waals surface area contributed by atoms with Crippen molar-refractivity contribution in [3.05, 3.63) is 65.2 Å². The number of ether oxygens (including phenoxy) is 1. The molecule has 0 aliphatic rings. The van der Waals surface area contributed by atoms with Gasteiger partial charge in [-0.25, -0.2) is 0 Å². The fourth-order valence-corrected chi connectivity index (χ4v) is 2.94. The van der Waals surface area contributed by atoms with E-state index >= 15 is 0 Å². The van der Waals surface area contributed by atoms with Gasteiger partial charge < -0.3 is 15.2 Å². The van der Waals surface area contributed by atoms with Crippen LogP contribution in [0.3, 0.4) is 0 Å². The number of hydrogen-bond acceptors (Lipinski definition) is 3. The van der Waals surface area contributed by atoms with Crippen molar-refractivity contribution in [2.75, 3.05) is 6.54 Å². The summed E-state index contributed by atoms with van der Waals surface area (Å²) in [6, 6.07) is 10.4. The molecule has 11 heteroatoms. The van der Waals surface area contributed by atoms with Crippen molar-refractivity contribution in [3.8, 4) is 5.75 Å². The zero-order valence-corrected chi connectivity index (χ0v) is 16.7. The Hall–Kier alpha value is -1.85. The van der Waals surface area contributed by atoms with E-state index in [1.165, 1.54) is 12.1 Å². The third-order valence-electron chi connectivity index (χ3n) is 4.03. The van der Waals surface area contributed by atoms with Gasteiger partial charge in [-0.3, -0.25) is 0 Å². The molecule has 0 aromatic heterocycles.